The molecule has 0 fully saturated rings. The molecule has 1 atom stereocenters. The zero-order valence-corrected chi connectivity index (χ0v) is 11.0. The fourth-order valence-electron chi connectivity index (χ4n) is 2.08. The first kappa shape index (κ1) is 12.9. The summed E-state index contributed by atoms with van der Waals surface area (Å²) in [5, 5.41) is 6.16. The molecule has 0 aromatic heterocycles. The van der Waals surface area contributed by atoms with Crippen LogP contribution in [-0.2, 0) is 4.79 Å². The van der Waals surface area contributed by atoms with Crippen LogP contribution in [0.2, 0.25) is 0 Å². The Bertz CT molecular complexity index is 432. The van der Waals surface area contributed by atoms with Gasteiger partial charge < -0.3 is 15.4 Å². The van der Waals surface area contributed by atoms with Gasteiger partial charge in [0.15, 0.2) is 0 Å². The first-order valence-electron chi connectivity index (χ1n) is 6.57. The van der Waals surface area contributed by atoms with Gasteiger partial charge in [0.2, 0.25) is 5.91 Å². The number of rotatable bonds is 6. The first-order valence-corrected chi connectivity index (χ1v) is 6.57. The smallest absolute Gasteiger partial charge is 0.246 e. The maximum Gasteiger partial charge on any atom is 0.246 e. The topological polar surface area (TPSA) is 50.4 Å². The van der Waals surface area contributed by atoms with Crippen LogP contribution in [0, 0.1) is 0 Å². The molecular weight excluding hydrogens is 228 g/mol. The lowest BCUT2D eigenvalue weighted by atomic mass is 10.1. The van der Waals surface area contributed by atoms with Gasteiger partial charge in [0.05, 0.1) is 12.3 Å². The van der Waals surface area contributed by atoms with Gasteiger partial charge in [0, 0.05) is 5.56 Å². The van der Waals surface area contributed by atoms with Crippen molar-refractivity contribution >= 4 is 11.6 Å². The Morgan fingerprint density at radius 3 is 2.89 bits per heavy atom. The van der Waals surface area contributed by atoms with Crippen molar-refractivity contribution in [2.45, 2.75) is 32.7 Å². The molecule has 1 aromatic carbocycles. The minimum atomic E-state index is -0.245. The molecule has 1 aliphatic rings. The van der Waals surface area contributed by atoms with Gasteiger partial charge in [-0.1, -0.05) is 26.0 Å². The van der Waals surface area contributed by atoms with Crippen LogP contribution in [0.25, 0.3) is 0 Å². The third-order valence-electron chi connectivity index (χ3n) is 2.94. The van der Waals surface area contributed by atoms with E-state index in [2.05, 4.69) is 24.5 Å². The molecule has 1 unspecified atom stereocenters. The van der Waals surface area contributed by atoms with Crippen LogP contribution in [0.4, 0.5) is 5.69 Å². The van der Waals surface area contributed by atoms with E-state index in [0.29, 0.717) is 6.61 Å². The van der Waals surface area contributed by atoms with Crippen LogP contribution in [0.5, 0.6) is 5.75 Å². The summed E-state index contributed by atoms with van der Waals surface area (Å²) in [5.41, 5.74) is 1.81. The minimum absolute atomic E-state index is 0.00555. The van der Waals surface area contributed by atoms with Crippen LogP contribution < -0.4 is 15.4 Å². The molecule has 0 saturated carbocycles. The number of carbonyl (C=O) groups excluding carboxylic acids is 1. The van der Waals surface area contributed by atoms with Crippen LogP contribution >= 0.6 is 0 Å². The van der Waals surface area contributed by atoms with E-state index in [1.165, 1.54) is 0 Å². The molecule has 0 saturated heterocycles. The summed E-state index contributed by atoms with van der Waals surface area (Å²) >= 11 is 0. The Kier molecular flexibility index (Phi) is 4.20. The average Bonchev–Trinajstić information content (AvgIpc) is 2.70. The molecule has 4 heteroatoms. The van der Waals surface area contributed by atoms with Crippen molar-refractivity contribution in [1.82, 2.24) is 5.32 Å². The molecule has 18 heavy (non-hydrogen) atoms. The number of nitrogens with one attached hydrogen (secondary N) is 2. The van der Waals surface area contributed by atoms with Gasteiger partial charge in [-0.05, 0) is 25.5 Å². The molecular formula is C14H20N2O2. The number of benzene rings is 1. The number of fused-ring (bicyclic) bond motifs is 1. The summed E-state index contributed by atoms with van der Waals surface area (Å²) < 4.78 is 5.66. The van der Waals surface area contributed by atoms with Crippen LogP contribution in [0.1, 0.15) is 38.3 Å². The molecule has 0 spiro atoms. The normalized spacial score (nSPS) is 17.4. The zero-order chi connectivity index (χ0) is 13.0. The molecule has 0 bridgehead atoms. The van der Waals surface area contributed by atoms with E-state index < -0.39 is 0 Å². The second-order valence-corrected chi connectivity index (χ2v) is 4.45. The van der Waals surface area contributed by atoms with Crippen molar-refractivity contribution in [3.8, 4) is 5.75 Å². The largest absolute Gasteiger partial charge is 0.491 e. The summed E-state index contributed by atoms with van der Waals surface area (Å²) in [4.78, 5) is 11.9. The highest BCUT2D eigenvalue weighted by atomic mass is 16.5. The fourth-order valence-corrected chi connectivity index (χ4v) is 2.08. The highest BCUT2D eigenvalue weighted by Gasteiger charge is 2.31. The van der Waals surface area contributed by atoms with Gasteiger partial charge in [0.25, 0.3) is 0 Å². The van der Waals surface area contributed by atoms with Gasteiger partial charge >= 0.3 is 0 Å². The van der Waals surface area contributed by atoms with Gasteiger partial charge in [-0.25, -0.2) is 0 Å². The Morgan fingerprint density at radius 1 is 1.33 bits per heavy atom. The Labute approximate surface area is 108 Å². The van der Waals surface area contributed by atoms with E-state index in [0.717, 1.165) is 36.4 Å². The molecule has 0 aliphatic carbocycles. The Balaban J connectivity index is 2.21. The van der Waals surface area contributed by atoms with Crippen molar-refractivity contribution in [3.63, 3.8) is 0 Å². The highest BCUT2D eigenvalue weighted by molar-refractivity contribution is 6.04. The van der Waals surface area contributed by atoms with Crippen LogP contribution in [0.15, 0.2) is 18.2 Å². The number of hydrogen-bond donors (Lipinski definition) is 2. The predicted octanol–water partition coefficient (Wildman–Crippen LogP) is 2.47. The average molecular weight is 248 g/mol. The quantitative estimate of drug-likeness (QED) is 0.813. The lowest BCUT2D eigenvalue weighted by Gasteiger charge is -2.11. The predicted molar refractivity (Wildman–Crippen MR) is 71.9 cm³/mol. The number of para-hydroxylation sites is 1. The Morgan fingerprint density at radius 2 is 2.17 bits per heavy atom. The lowest BCUT2D eigenvalue weighted by Crippen LogP contribution is -2.27. The van der Waals surface area contributed by atoms with Gasteiger partial charge in [0.1, 0.15) is 11.8 Å². The Hall–Kier alpha value is -1.55. The van der Waals surface area contributed by atoms with Crippen LogP contribution in [-0.4, -0.2) is 19.1 Å². The van der Waals surface area contributed by atoms with E-state index in [1.807, 2.05) is 18.2 Å². The van der Waals surface area contributed by atoms with Crippen molar-refractivity contribution < 1.29 is 9.53 Å². The lowest BCUT2D eigenvalue weighted by molar-refractivity contribution is -0.117. The summed E-state index contributed by atoms with van der Waals surface area (Å²) in [6, 6.07) is 5.56. The minimum Gasteiger partial charge on any atom is -0.491 e. The van der Waals surface area contributed by atoms with E-state index in [-0.39, 0.29) is 11.9 Å². The van der Waals surface area contributed by atoms with Crippen molar-refractivity contribution in [2.24, 2.45) is 0 Å². The molecule has 0 radical (unpaired) electrons. The third kappa shape index (κ3) is 2.48. The van der Waals surface area contributed by atoms with Gasteiger partial charge in [-0.15, -0.1) is 0 Å². The SMILES string of the molecule is CCCNC1C(=O)Nc2c(OCCC)cccc21. The molecule has 1 aromatic rings. The van der Waals surface area contributed by atoms with E-state index in [9.17, 15) is 4.79 Å². The van der Waals surface area contributed by atoms with E-state index in [4.69, 9.17) is 4.74 Å². The van der Waals surface area contributed by atoms with E-state index >= 15 is 0 Å². The van der Waals surface area contributed by atoms with Crippen molar-refractivity contribution in [2.75, 3.05) is 18.5 Å². The summed E-state index contributed by atoms with van der Waals surface area (Å²) in [6.45, 7) is 5.64. The van der Waals surface area contributed by atoms with Crippen molar-refractivity contribution in [3.05, 3.63) is 23.8 Å². The van der Waals surface area contributed by atoms with Crippen molar-refractivity contribution in [1.29, 1.82) is 0 Å². The standard InChI is InChI=1S/C14H20N2O2/c1-3-8-15-13-10-6-5-7-11(18-9-4-2)12(10)16-14(13)17/h5-7,13,15H,3-4,8-9H2,1-2H3,(H,16,17). The zero-order valence-electron chi connectivity index (χ0n) is 11.0. The number of hydrogen-bond acceptors (Lipinski definition) is 3. The molecule has 2 rings (SSSR count). The summed E-state index contributed by atoms with van der Waals surface area (Å²) in [6.07, 6.45) is 1.96. The highest BCUT2D eigenvalue weighted by Crippen LogP contribution is 2.38. The molecule has 1 aliphatic heterocycles. The monoisotopic (exact) mass is 248 g/mol. The molecule has 1 amide bonds. The maximum atomic E-state index is 11.9. The number of ether oxygens (including phenoxy) is 1. The molecule has 1 heterocycles. The maximum absolute atomic E-state index is 11.9. The molecule has 2 N–H and O–H groups in total. The second-order valence-electron chi connectivity index (χ2n) is 4.45. The van der Waals surface area contributed by atoms with Crippen LogP contribution in [0.3, 0.4) is 0 Å². The van der Waals surface area contributed by atoms with Gasteiger partial charge in [-0.2, -0.15) is 0 Å². The number of carbonyl (C=O) groups is 1. The molecule has 98 valence electrons. The summed E-state index contributed by atoms with van der Waals surface area (Å²) in [5.74, 6) is 0.773. The second kappa shape index (κ2) is 5.87. The van der Waals surface area contributed by atoms with E-state index in [1.54, 1.807) is 0 Å². The third-order valence-corrected chi connectivity index (χ3v) is 2.94. The van der Waals surface area contributed by atoms with Gasteiger partial charge in [-0.3, -0.25) is 4.79 Å². The summed E-state index contributed by atoms with van der Waals surface area (Å²) in [7, 11) is 0. The number of anilines is 1. The molecule has 4 nitrogen and oxygen atoms in total. The first-order chi connectivity index (χ1) is 8.77. The fraction of sp³-hybridized carbons (Fsp3) is 0.500. The number of amides is 1.